The van der Waals surface area contributed by atoms with Crippen molar-refractivity contribution in [1.29, 1.82) is 0 Å². The Kier molecular flexibility index (Phi) is 6.63. The lowest BCUT2D eigenvalue weighted by molar-refractivity contribution is -0.133. The Hall–Kier alpha value is -2.09. The van der Waals surface area contributed by atoms with Crippen molar-refractivity contribution in [3.05, 3.63) is 18.2 Å². The van der Waals surface area contributed by atoms with E-state index < -0.39 is 15.8 Å². The zero-order chi connectivity index (χ0) is 19.3. The molecule has 0 unspecified atom stereocenters. The first kappa shape index (κ1) is 20.2. The van der Waals surface area contributed by atoms with Crippen molar-refractivity contribution in [2.24, 2.45) is 0 Å². The molecule has 0 fully saturated rings. The average Bonchev–Trinajstić information content (AvgIpc) is 2.60. The summed E-state index contributed by atoms with van der Waals surface area (Å²) in [5.41, 5.74) is 0.556. The van der Waals surface area contributed by atoms with Gasteiger partial charge in [0.15, 0.2) is 15.6 Å². The summed E-state index contributed by atoms with van der Waals surface area (Å²) in [5, 5.41) is 0. The smallest absolute Gasteiger partial charge is 0.331 e. The summed E-state index contributed by atoms with van der Waals surface area (Å²) >= 11 is 0. The minimum Gasteiger partial charge on any atom is -0.423 e. The third-order valence-electron chi connectivity index (χ3n) is 4.22. The van der Waals surface area contributed by atoms with Gasteiger partial charge in [0.25, 0.3) is 0 Å². The quantitative estimate of drug-likeness (QED) is 0.504. The van der Waals surface area contributed by atoms with Gasteiger partial charge in [-0.25, -0.2) is 13.2 Å². The number of nitrogens with zero attached hydrogens (tertiary/aromatic N) is 2. The van der Waals surface area contributed by atoms with Gasteiger partial charge in [0.2, 0.25) is 5.91 Å². The molecule has 0 bridgehead atoms. The van der Waals surface area contributed by atoms with Crippen LogP contribution in [0.1, 0.15) is 33.6 Å². The number of amides is 1. The van der Waals surface area contributed by atoms with Crippen LogP contribution in [-0.4, -0.2) is 57.1 Å². The van der Waals surface area contributed by atoms with Crippen molar-refractivity contribution in [2.75, 3.05) is 36.8 Å². The summed E-state index contributed by atoms with van der Waals surface area (Å²) in [6.07, 6.45) is 1.73. The number of fused-ring (bicyclic) bond motifs is 1. The number of anilines is 1. The number of rotatable bonds is 8. The number of ether oxygens (including phenoxy) is 1. The van der Waals surface area contributed by atoms with E-state index in [1.165, 1.54) is 12.1 Å². The van der Waals surface area contributed by atoms with E-state index >= 15 is 0 Å². The monoisotopic (exact) mass is 382 g/mol. The van der Waals surface area contributed by atoms with E-state index in [2.05, 4.69) is 0 Å². The summed E-state index contributed by atoms with van der Waals surface area (Å²) in [5.74, 6) is -0.417. The van der Waals surface area contributed by atoms with Crippen LogP contribution < -0.4 is 9.64 Å². The van der Waals surface area contributed by atoms with Crippen LogP contribution in [0.15, 0.2) is 23.1 Å². The van der Waals surface area contributed by atoms with E-state index in [0.717, 1.165) is 12.8 Å². The molecule has 0 saturated carbocycles. The van der Waals surface area contributed by atoms with Crippen LogP contribution in [0, 0.1) is 0 Å². The van der Waals surface area contributed by atoms with Crippen molar-refractivity contribution in [1.82, 2.24) is 4.90 Å². The summed E-state index contributed by atoms with van der Waals surface area (Å²) in [4.78, 5) is 28.1. The van der Waals surface area contributed by atoms with E-state index in [0.29, 0.717) is 18.8 Å². The molecule has 7 nitrogen and oxygen atoms in total. The summed E-state index contributed by atoms with van der Waals surface area (Å²) in [6, 6.07) is 4.45. The molecule has 1 amide bonds. The van der Waals surface area contributed by atoms with Gasteiger partial charge in [0.05, 0.1) is 22.9 Å². The Bertz CT molecular complexity index is 770. The molecule has 2 rings (SSSR count). The number of hydrogen-bond donors (Lipinski definition) is 0. The van der Waals surface area contributed by atoms with Gasteiger partial charge in [-0.05, 0) is 25.0 Å². The van der Waals surface area contributed by atoms with Gasteiger partial charge >= 0.3 is 5.97 Å². The number of esters is 1. The lowest BCUT2D eigenvalue weighted by Gasteiger charge is -2.31. The first-order chi connectivity index (χ1) is 12.3. The second-order valence-corrected chi connectivity index (χ2v) is 8.52. The molecule has 0 radical (unpaired) electrons. The maximum Gasteiger partial charge on any atom is 0.331 e. The van der Waals surface area contributed by atoms with Crippen LogP contribution in [-0.2, 0) is 19.4 Å². The molecule has 1 aliphatic rings. The zero-order valence-corrected chi connectivity index (χ0v) is 16.3. The molecule has 0 N–H and O–H groups in total. The van der Waals surface area contributed by atoms with Crippen molar-refractivity contribution < 1.29 is 22.7 Å². The molecule has 1 aliphatic heterocycles. The van der Waals surface area contributed by atoms with Crippen LogP contribution in [0.4, 0.5) is 5.69 Å². The Morgan fingerprint density at radius 2 is 1.85 bits per heavy atom. The molecular weight excluding hydrogens is 356 g/mol. The lowest BCUT2D eigenvalue weighted by atomic mass is 10.2. The van der Waals surface area contributed by atoms with Crippen molar-refractivity contribution in [3.63, 3.8) is 0 Å². The predicted octanol–water partition coefficient (Wildman–Crippen LogP) is 1.85. The Morgan fingerprint density at radius 3 is 2.42 bits per heavy atom. The van der Waals surface area contributed by atoms with E-state index in [-0.39, 0.29) is 35.4 Å². The largest absolute Gasteiger partial charge is 0.423 e. The molecule has 144 valence electrons. The minimum absolute atomic E-state index is 0.0368. The fourth-order valence-corrected chi connectivity index (χ4v) is 3.79. The van der Waals surface area contributed by atoms with Crippen LogP contribution in [0.3, 0.4) is 0 Å². The predicted molar refractivity (Wildman–Crippen MR) is 99.2 cm³/mol. The SMILES string of the molecule is CCCN(CCC)C(=O)CN1CC(=O)Oc2cc(S(=O)(=O)CC)ccc21. The standard InChI is InChI=1S/C18H26N2O5S/c1-4-9-19(10-5-2)17(21)12-20-13-18(22)25-16-11-14(7-8-15(16)20)26(23,24)6-3/h7-8,11H,4-6,9-10,12-13H2,1-3H3. The molecule has 26 heavy (non-hydrogen) atoms. The van der Waals surface area contributed by atoms with Gasteiger partial charge in [-0.2, -0.15) is 0 Å². The van der Waals surface area contributed by atoms with Crippen LogP contribution in [0.2, 0.25) is 0 Å². The van der Waals surface area contributed by atoms with Crippen molar-refractivity contribution in [3.8, 4) is 5.75 Å². The molecule has 0 atom stereocenters. The van der Waals surface area contributed by atoms with Gasteiger partial charge in [-0.3, -0.25) is 4.79 Å². The highest BCUT2D eigenvalue weighted by Gasteiger charge is 2.28. The van der Waals surface area contributed by atoms with E-state index in [9.17, 15) is 18.0 Å². The lowest BCUT2D eigenvalue weighted by Crippen LogP contribution is -2.45. The topological polar surface area (TPSA) is 84.0 Å². The van der Waals surface area contributed by atoms with E-state index in [1.807, 2.05) is 13.8 Å². The first-order valence-corrected chi connectivity index (χ1v) is 10.6. The Morgan fingerprint density at radius 1 is 1.19 bits per heavy atom. The number of carbonyl (C=O) groups is 2. The molecule has 0 aliphatic carbocycles. The highest BCUT2D eigenvalue weighted by Crippen LogP contribution is 2.34. The number of carbonyl (C=O) groups excluding carboxylic acids is 2. The number of hydrogen-bond acceptors (Lipinski definition) is 6. The van der Waals surface area contributed by atoms with E-state index in [1.54, 1.807) is 22.8 Å². The van der Waals surface area contributed by atoms with Crippen molar-refractivity contribution >= 4 is 27.4 Å². The molecule has 1 aromatic rings. The van der Waals surface area contributed by atoms with E-state index in [4.69, 9.17) is 4.74 Å². The number of benzene rings is 1. The van der Waals surface area contributed by atoms with Crippen LogP contribution in [0.5, 0.6) is 5.75 Å². The number of sulfone groups is 1. The molecule has 0 spiro atoms. The Balaban J connectivity index is 2.27. The van der Waals surface area contributed by atoms with Gasteiger partial charge in [0.1, 0.15) is 6.54 Å². The summed E-state index contributed by atoms with van der Waals surface area (Å²) < 4.78 is 29.3. The Labute approximate surface area is 154 Å². The fourth-order valence-electron chi connectivity index (χ4n) is 2.90. The average molecular weight is 382 g/mol. The van der Waals surface area contributed by atoms with Gasteiger partial charge in [-0.1, -0.05) is 20.8 Å². The first-order valence-electron chi connectivity index (χ1n) is 8.92. The normalized spacial score (nSPS) is 14.0. The molecule has 8 heteroatoms. The molecule has 1 heterocycles. The highest BCUT2D eigenvalue weighted by molar-refractivity contribution is 7.91. The zero-order valence-electron chi connectivity index (χ0n) is 15.5. The molecule has 0 aromatic heterocycles. The molecule has 0 saturated heterocycles. The van der Waals surface area contributed by atoms with Gasteiger partial charge in [-0.15, -0.1) is 0 Å². The highest BCUT2D eigenvalue weighted by atomic mass is 32.2. The third-order valence-corrected chi connectivity index (χ3v) is 5.95. The molecule has 1 aromatic carbocycles. The second-order valence-electron chi connectivity index (χ2n) is 6.24. The molecular formula is C18H26N2O5S. The maximum atomic E-state index is 12.6. The fraction of sp³-hybridized carbons (Fsp3) is 0.556. The maximum absolute atomic E-state index is 12.6. The summed E-state index contributed by atoms with van der Waals surface area (Å²) in [6.45, 7) is 6.95. The van der Waals surface area contributed by atoms with Gasteiger partial charge < -0.3 is 14.5 Å². The van der Waals surface area contributed by atoms with Gasteiger partial charge in [0, 0.05) is 19.2 Å². The van der Waals surface area contributed by atoms with Crippen molar-refractivity contribution in [2.45, 2.75) is 38.5 Å². The second kappa shape index (κ2) is 8.53. The minimum atomic E-state index is -3.40. The van der Waals surface area contributed by atoms with Crippen LogP contribution in [0.25, 0.3) is 0 Å². The summed E-state index contributed by atoms with van der Waals surface area (Å²) in [7, 11) is -3.40. The third kappa shape index (κ3) is 4.55. The van der Waals surface area contributed by atoms with Crippen LogP contribution >= 0.6 is 0 Å².